The standard InChI is InChI=1S/C16H24BrNO2/c1-11(2)5-6-12(3)18-16(19)13(4)20-15-9-7-14(17)8-10-15/h7-13H,5-6H2,1-4H3,(H,18,19). The summed E-state index contributed by atoms with van der Waals surface area (Å²) >= 11 is 3.37. The molecule has 1 rings (SSSR count). The molecule has 1 aromatic carbocycles. The van der Waals surface area contributed by atoms with Gasteiger partial charge in [-0.1, -0.05) is 29.8 Å². The van der Waals surface area contributed by atoms with Gasteiger partial charge in [0.05, 0.1) is 0 Å². The van der Waals surface area contributed by atoms with E-state index < -0.39 is 6.10 Å². The number of carbonyl (C=O) groups is 1. The minimum Gasteiger partial charge on any atom is -0.481 e. The zero-order chi connectivity index (χ0) is 15.1. The van der Waals surface area contributed by atoms with Crippen molar-refractivity contribution in [1.29, 1.82) is 0 Å². The van der Waals surface area contributed by atoms with E-state index in [1.807, 2.05) is 31.2 Å². The number of rotatable bonds is 7. The summed E-state index contributed by atoms with van der Waals surface area (Å²) in [6.45, 7) is 8.18. The van der Waals surface area contributed by atoms with Gasteiger partial charge >= 0.3 is 0 Å². The number of carbonyl (C=O) groups excluding carboxylic acids is 1. The second kappa shape index (κ2) is 8.30. The predicted molar refractivity (Wildman–Crippen MR) is 85.9 cm³/mol. The van der Waals surface area contributed by atoms with Gasteiger partial charge in [-0.25, -0.2) is 0 Å². The molecule has 3 nitrogen and oxygen atoms in total. The van der Waals surface area contributed by atoms with E-state index in [0.717, 1.165) is 17.3 Å². The molecular weight excluding hydrogens is 318 g/mol. The predicted octanol–water partition coefficient (Wildman–Crippen LogP) is 4.16. The Bertz CT molecular complexity index is 417. The Morgan fingerprint density at radius 3 is 2.30 bits per heavy atom. The normalized spacial score (nSPS) is 13.9. The van der Waals surface area contributed by atoms with Crippen LogP contribution in [0.1, 0.15) is 40.5 Å². The molecular formula is C16H24BrNO2. The maximum atomic E-state index is 12.0. The smallest absolute Gasteiger partial charge is 0.260 e. The monoisotopic (exact) mass is 341 g/mol. The van der Waals surface area contributed by atoms with Crippen molar-refractivity contribution in [3.63, 3.8) is 0 Å². The molecule has 0 saturated carbocycles. The Labute approximate surface area is 130 Å². The molecule has 1 amide bonds. The van der Waals surface area contributed by atoms with Crippen LogP contribution in [0.2, 0.25) is 0 Å². The van der Waals surface area contributed by atoms with E-state index in [0.29, 0.717) is 11.7 Å². The van der Waals surface area contributed by atoms with Crippen LogP contribution >= 0.6 is 15.9 Å². The van der Waals surface area contributed by atoms with Crippen LogP contribution in [0.25, 0.3) is 0 Å². The van der Waals surface area contributed by atoms with E-state index in [1.165, 1.54) is 0 Å². The quantitative estimate of drug-likeness (QED) is 0.808. The van der Waals surface area contributed by atoms with E-state index in [1.54, 1.807) is 6.92 Å². The van der Waals surface area contributed by atoms with Gasteiger partial charge in [0, 0.05) is 10.5 Å². The zero-order valence-electron chi connectivity index (χ0n) is 12.7. The highest BCUT2D eigenvalue weighted by Crippen LogP contribution is 2.17. The average molecular weight is 342 g/mol. The molecule has 0 aliphatic heterocycles. The molecule has 112 valence electrons. The van der Waals surface area contributed by atoms with Crippen LogP contribution in [-0.2, 0) is 4.79 Å². The molecule has 1 N–H and O–H groups in total. The van der Waals surface area contributed by atoms with Crippen molar-refractivity contribution in [2.24, 2.45) is 5.92 Å². The van der Waals surface area contributed by atoms with Crippen molar-refractivity contribution in [2.45, 2.75) is 52.7 Å². The SMILES string of the molecule is CC(C)CCC(C)NC(=O)C(C)Oc1ccc(Br)cc1. The maximum Gasteiger partial charge on any atom is 0.260 e. The first-order chi connectivity index (χ1) is 9.38. The van der Waals surface area contributed by atoms with E-state index >= 15 is 0 Å². The molecule has 1 aromatic rings. The number of nitrogens with one attached hydrogen (secondary N) is 1. The summed E-state index contributed by atoms with van der Waals surface area (Å²) in [5, 5.41) is 2.99. The highest BCUT2D eigenvalue weighted by Gasteiger charge is 2.16. The Balaban J connectivity index is 2.40. The van der Waals surface area contributed by atoms with E-state index in [4.69, 9.17) is 4.74 Å². The summed E-state index contributed by atoms with van der Waals surface area (Å²) < 4.78 is 6.61. The number of benzene rings is 1. The van der Waals surface area contributed by atoms with Gasteiger partial charge in [-0.15, -0.1) is 0 Å². The number of hydrogen-bond donors (Lipinski definition) is 1. The zero-order valence-corrected chi connectivity index (χ0v) is 14.2. The maximum absolute atomic E-state index is 12.0. The van der Waals surface area contributed by atoms with Gasteiger partial charge in [0.15, 0.2) is 6.10 Å². The molecule has 2 atom stereocenters. The molecule has 4 heteroatoms. The number of halogens is 1. The highest BCUT2D eigenvalue weighted by atomic mass is 79.9. The topological polar surface area (TPSA) is 38.3 Å². The summed E-state index contributed by atoms with van der Waals surface area (Å²) in [6, 6.07) is 7.66. The lowest BCUT2D eigenvalue weighted by Crippen LogP contribution is -2.41. The van der Waals surface area contributed by atoms with Crippen molar-refractivity contribution in [1.82, 2.24) is 5.32 Å². The fraction of sp³-hybridized carbons (Fsp3) is 0.562. The van der Waals surface area contributed by atoms with Crippen LogP contribution in [0.3, 0.4) is 0 Å². The van der Waals surface area contributed by atoms with Crippen LogP contribution in [0.15, 0.2) is 28.7 Å². The fourth-order valence-corrected chi connectivity index (χ4v) is 2.05. The Morgan fingerprint density at radius 1 is 1.15 bits per heavy atom. The summed E-state index contributed by atoms with van der Waals surface area (Å²) in [6.07, 6.45) is 1.62. The minimum atomic E-state index is -0.488. The van der Waals surface area contributed by atoms with Gasteiger partial charge in [0.2, 0.25) is 0 Å². The first-order valence-corrected chi connectivity index (χ1v) is 7.90. The van der Waals surface area contributed by atoms with Crippen LogP contribution in [0.4, 0.5) is 0 Å². The Kier molecular flexibility index (Phi) is 7.06. The van der Waals surface area contributed by atoms with Crippen molar-refractivity contribution in [3.05, 3.63) is 28.7 Å². The number of hydrogen-bond acceptors (Lipinski definition) is 2. The van der Waals surface area contributed by atoms with Crippen molar-refractivity contribution < 1.29 is 9.53 Å². The second-order valence-electron chi connectivity index (χ2n) is 5.59. The molecule has 0 spiro atoms. The van der Waals surface area contributed by atoms with E-state index in [-0.39, 0.29) is 11.9 Å². The van der Waals surface area contributed by atoms with Gasteiger partial charge in [0.25, 0.3) is 5.91 Å². The van der Waals surface area contributed by atoms with Crippen molar-refractivity contribution >= 4 is 21.8 Å². The third kappa shape index (κ3) is 6.42. The van der Waals surface area contributed by atoms with Gasteiger partial charge in [0.1, 0.15) is 5.75 Å². The Morgan fingerprint density at radius 2 is 1.75 bits per heavy atom. The van der Waals surface area contributed by atoms with Gasteiger partial charge in [-0.3, -0.25) is 4.79 Å². The first-order valence-electron chi connectivity index (χ1n) is 7.11. The van der Waals surface area contributed by atoms with Crippen molar-refractivity contribution in [2.75, 3.05) is 0 Å². The third-order valence-electron chi connectivity index (χ3n) is 3.06. The van der Waals surface area contributed by atoms with E-state index in [9.17, 15) is 4.79 Å². The molecule has 20 heavy (non-hydrogen) atoms. The van der Waals surface area contributed by atoms with Crippen LogP contribution in [0.5, 0.6) is 5.75 Å². The lowest BCUT2D eigenvalue weighted by atomic mass is 10.0. The third-order valence-corrected chi connectivity index (χ3v) is 3.59. The van der Waals surface area contributed by atoms with Crippen LogP contribution in [-0.4, -0.2) is 18.1 Å². The molecule has 0 radical (unpaired) electrons. The van der Waals surface area contributed by atoms with Crippen LogP contribution < -0.4 is 10.1 Å². The van der Waals surface area contributed by atoms with Crippen LogP contribution in [0, 0.1) is 5.92 Å². The first kappa shape index (κ1) is 17.0. The molecule has 0 heterocycles. The van der Waals surface area contributed by atoms with Gasteiger partial charge < -0.3 is 10.1 Å². The fourth-order valence-electron chi connectivity index (χ4n) is 1.79. The lowest BCUT2D eigenvalue weighted by molar-refractivity contribution is -0.127. The minimum absolute atomic E-state index is 0.0656. The molecule has 0 aliphatic rings. The molecule has 0 aliphatic carbocycles. The summed E-state index contributed by atoms with van der Waals surface area (Å²) in [5.74, 6) is 1.29. The summed E-state index contributed by atoms with van der Waals surface area (Å²) in [5.41, 5.74) is 0. The largest absolute Gasteiger partial charge is 0.481 e. The molecule has 0 saturated heterocycles. The Hall–Kier alpha value is -1.03. The molecule has 0 bridgehead atoms. The highest BCUT2D eigenvalue weighted by molar-refractivity contribution is 9.10. The molecule has 2 unspecified atom stereocenters. The lowest BCUT2D eigenvalue weighted by Gasteiger charge is -2.19. The second-order valence-corrected chi connectivity index (χ2v) is 6.51. The number of amides is 1. The van der Waals surface area contributed by atoms with E-state index in [2.05, 4.69) is 35.1 Å². The number of ether oxygens (including phenoxy) is 1. The average Bonchev–Trinajstić information content (AvgIpc) is 2.39. The van der Waals surface area contributed by atoms with Gasteiger partial charge in [-0.05, 0) is 56.9 Å². The van der Waals surface area contributed by atoms with Crippen molar-refractivity contribution in [3.8, 4) is 5.75 Å². The summed E-state index contributed by atoms with van der Waals surface area (Å²) in [4.78, 5) is 12.0. The van der Waals surface area contributed by atoms with Gasteiger partial charge in [-0.2, -0.15) is 0 Å². The molecule has 0 fully saturated rings. The summed E-state index contributed by atoms with van der Waals surface area (Å²) in [7, 11) is 0. The molecule has 0 aromatic heterocycles.